The quantitative estimate of drug-likeness (QED) is 0.322. The Hall–Kier alpha value is -3.48. The van der Waals surface area contributed by atoms with E-state index in [2.05, 4.69) is 0 Å². The van der Waals surface area contributed by atoms with Gasteiger partial charge in [-0.15, -0.1) is 0 Å². The Morgan fingerprint density at radius 3 is 2.48 bits per heavy atom. The fourth-order valence-electron chi connectivity index (χ4n) is 2.48. The number of nitro benzene ring substituents is 1. The highest BCUT2D eigenvalue weighted by atomic mass is 16.6. The number of non-ortho nitro benzene ring substituents is 1. The second kappa shape index (κ2) is 9.28. The molecule has 27 heavy (non-hydrogen) atoms. The number of rotatable bonds is 7. The number of benzene rings is 2. The molecular formula is C20H20N2O5. The van der Waals surface area contributed by atoms with Gasteiger partial charge in [0.15, 0.2) is 6.61 Å². The molecule has 0 radical (unpaired) electrons. The molecule has 0 unspecified atom stereocenters. The van der Waals surface area contributed by atoms with Crippen molar-refractivity contribution < 1.29 is 19.2 Å². The highest BCUT2D eigenvalue weighted by Crippen LogP contribution is 2.17. The number of carbonyl (C=O) groups is 2. The summed E-state index contributed by atoms with van der Waals surface area (Å²) in [6.45, 7) is 3.34. The molecular weight excluding hydrogens is 348 g/mol. The molecule has 0 saturated heterocycles. The van der Waals surface area contributed by atoms with Crippen molar-refractivity contribution in [2.45, 2.75) is 19.9 Å². The van der Waals surface area contributed by atoms with Crippen molar-refractivity contribution >= 4 is 29.3 Å². The predicted octanol–water partition coefficient (Wildman–Crippen LogP) is 3.59. The summed E-state index contributed by atoms with van der Waals surface area (Å²) in [5.41, 5.74) is 1.14. The molecule has 0 aliphatic carbocycles. The zero-order valence-electron chi connectivity index (χ0n) is 15.1. The van der Waals surface area contributed by atoms with Gasteiger partial charge in [-0.3, -0.25) is 14.9 Å². The first-order valence-corrected chi connectivity index (χ1v) is 8.35. The van der Waals surface area contributed by atoms with Crippen molar-refractivity contribution in [2.24, 2.45) is 0 Å². The lowest BCUT2D eigenvalue weighted by Gasteiger charge is -2.26. The molecule has 2 aromatic carbocycles. The van der Waals surface area contributed by atoms with Gasteiger partial charge in [0.1, 0.15) is 0 Å². The predicted molar refractivity (Wildman–Crippen MR) is 102 cm³/mol. The average Bonchev–Trinajstić information content (AvgIpc) is 2.65. The summed E-state index contributed by atoms with van der Waals surface area (Å²) in [4.78, 5) is 36.1. The highest BCUT2D eigenvalue weighted by Gasteiger charge is 2.19. The molecule has 0 fully saturated rings. The minimum Gasteiger partial charge on any atom is -0.452 e. The van der Waals surface area contributed by atoms with Crippen LogP contribution in [0.3, 0.4) is 0 Å². The zero-order valence-corrected chi connectivity index (χ0v) is 15.1. The molecule has 0 aliphatic rings. The number of hydrogen-bond acceptors (Lipinski definition) is 5. The second-order valence-electron chi connectivity index (χ2n) is 5.99. The average molecular weight is 368 g/mol. The molecule has 0 spiro atoms. The molecule has 0 N–H and O–H groups in total. The second-order valence-corrected chi connectivity index (χ2v) is 5.99. The molecule has 7 nitrogen and oxygen atoms in total. The van der Waals surface area contributed by atoms with Crippen LogP contribution in [-0.4, -0.2) is 29.4 Å². The van der Waals surface area contributed by atoms with Crippen molar-refractivity contribution in [1.82, 2.24) is 0 Å². The molecule has 0 aromatic heterocycles. The lowest BCUT2D eigenvalue weighted by Crippen LogP contribution is -2.39. The first-order valence-electron chi connectivity index (χ1n) is 8.35. The number of hydrogen-bond donors (Lipinski definition) is 0. The van der Waals surface area contributed by atoms with Crippen molar-refractivity contribution in [3.05, 3.63) is 76.4 Å². The van der Waals surface area contributed by atoms with Crippen molar-refractivity contribution in [3.63, 3.8) is 0 Å². The summed E-state index contributed by atoms with van der Waals surface area (Å²) < 4.78 is 5.01. The van der Waals surface area contributed by atoms with E-state index in [4.69, 9.17) is 4.74 Å². The van der Waals surface area contributed by atoms with Gasteiger partial charge in [0.25, 0.3) is 11.6 Å². The van der Waals surface area contributed by atoms with Gasteiger partial charge in [-0.05, 0) is 37.6 Å². The number of carbonyl (C=O) groups excluding carboxylic acids is 2. The smallest absolute Gasteiger partial charge is 0.331 e. The number of nitro groups is 1. The lowest BCUT2D eigenvalue weighted by atomic mass is 10.2. The third kappa shape index (κ3) is 5.78. The summed E-state index contributed by atoms with van der Waals surface area (Å²) in [6, 6.07) is 14.9. The van der Waals surface area contributed by atoms with Gasteiger partial charge < -0.3 is 9.64 Å². The van der Waals surface area contributed by atoms with Crippen molar-refractivity contribution in [2.75, 3.05) is 11.5 Å². The van der Waals surface area contributed by atoms with Crippen molar-refractivity contribution in [1.29, 1.82) is 0 Å². The van der Waals surface area contributed by atoms with Gasteiger partial charge >= 0.3 is 5.97 Å². The van der Waals surface area contributed by atoms with E-state index < -0.39 is 17.5 Å². The Labute approximate surface area is 157 Å². The Bertz CT molecular complexity index is 846. The van der Waals surface area contributed by atoms with E-state index in [-0.39, 0.29) is 17.6 Å². The molecule has 0 bridgehead atoms. The summed E-state index contributed by atoms with van der Waals surface area (Å²) in [7, 11) is 0. The minimum absolute atomic E-state index is 0.0730. The van der Waals surface area contributed by atoms with Crippen LogP contribution in [0.15, 0.2) is 60.7 Å². The van der Waals surface area contributed by atoms with Gasteiger partial charge in [0, 0.05) is 29.9 Å². The van der Waals surface area contributed by atoms with Crippen LogP contribution in [0.5, 0.6) is 0 Å². The van der Waals surface area contributed by atoms with E-state index in [0.717, 1.165) is 11.8 Å². The summed E-state index contributed by atoms with van der Waals surface area (Å²) in [6.07, 6.45) is 2.53. The van der Waals surface area contributed by atoms with Crippen LogP contribution in [0.2, 0.25) is 0 Å². The number of para-hydroxylation sites is 1. The number of ether oxygens (including phenoxy) is 1. The monoisotopic (exact) mass is 368 g/mol. The van der Waals surface area contributed by atoms with Crippen LogP contribution >= 0.6 is 0 Å². The van der Waals surface area contributed by atoms with E-state index in [1.807, 2.05) is 44.2 Å². The summed E-state index contributed by atoms with van der Waals surface area (Å²) in [5, 5.41) is 10.8. The molecule has 0 atom stereocenters. The Morgan fingerprint density at radius 2 is 1.85 bits per heavy atom. The third-order valence-corrected chi connectivity index (χ3v) is 3.65. The first-order chi connectivity index (χ1) is 12.9. The summed E-state index contributed by atoms with van der Waals surface area (Å²) >= 11 is 0. The van der Waals surface area contributed by atoms with Crippen LogP contribution in [0.4, 0.5) is 11.4 Å². The summed E-state index contributed by atoms with van der Waals surface area (Å²) in [5.74, 6) is -1.04. The van der Waals surface area contributed by atoms with Gasteiger partial charge in [0.2, 0.25) is 0 Å². The molecule has 2 aromatic rings. The Morgan fingerprint density at radius 1 is 1.15 bits per heavy atom. The number of esters is 1. The number of nitrogens with zero attached hydrogens (tertiary/aromatic N) is 2. The molecule has 0 heterocycles. The maximum absolute atomic E-state index is 12.4. The highest BCUT2D eigenvalue weighted by molar-refractivity contribution is 5.96. The van der Waals surface area contributed by atoms with E-state index in [0.29, 0.717) is 5.56 Å². The Balaban J connectivity index is 1.97. The van der Waals surface area contributed by atoms with Crippen LogP contribution < -0.4 is 4.90 Å². The van der Waals surface area contributed by atoms with Gasteiger partial charge in [-0.1, -0.05) is 30.3 Å². The van der Waals surface area contributed by atoms with E-state index in [1.54, 1.807) is 11.0 Å². The third-order valence-electron chi connectivity index (χ3n) is 3.65. The maximum atomic E-state index is 12.4. The standard InChI is InChI=1S/C20H20N2O5/c1-15(2)21(17-8-4-3-5-9-17)19(23)14-27-20(24)12-11-16-7-6-10-18(13-16)22(25)26/h3-13,15H,14H2,1-2H3. The number of anilines is 1. The lowest BCUT2D eigenvalue weighted by molar-refractivity contribution is -0.384. The van der Waals surface area contributed by atoms with Crippen LogP contribution in [-0.2, 0) is 14.3 Å². The molecule has 1 amide bonds. The van der Waals surface area contributed by atoms with Crippen LogP contribution in [0.1, 0.15) is 19.4 Å². The largest absolute Gasteiger partial charge is 0.452 e. The minimum atomic E-state index is -0.702. The molecule has 7 heteroatoms. The van der Waals surface area contributed by atoms with Crippen LogP contribution in [0.25, 0.3) is 6.08 Å². The SMILES string of the molecule is CC(C)N(C(=O)COC(=O)C=Cc1cccc([N+](=O)[O-])c1)c1ccccc1. The van der Waals surface area contributed by atoms with E-state index in [1.165, 1.54) is 24.3 Å². The zero-order chi connectivity index (χ0) is 19.8. The molecule has 0 aliphatic heterocycles. The van der Waals surface area contributed by atoms with Gasteiger partial charge in [-0.25, -0.2) is 4.79 Å². The van der Waals surface area contributed by atoms with Gasteiger partial charge in [0.05, 0.1) is 4.92 Å². The number of amides is 1. The van der Waals surface area contributed by atoms with Crippen molar-refractivity contribution in [3.8, 4) is 0 Å². The maximum Gasteiger partial charge on any atom is 0.331 e. The first kappa shape index (κ1) is 19.8. The topological polar surface area (TPSA) is 89.8 Å². The van der Waals surface area contributed by atoms with E-state index >= 15 is 0 Å². The fourth-order valence-corrected chi connectivity index (χ4v) is 2.48. The normalized spacial score (nSPS) is 10.8. The fraction of sp³-hybridized carbons (Fsp3) is 0.200. The molecule has 140 valence electrons. The molecule has 0 saturated carbocycles. The van der Waals surface area contributed by atoms with E-state index in [9.17, 15) is 19.7 Å². The van der Waals surface area contributed by atoms with Crippen LogP contribution in [0, 0.1) is 10.1 Å². The molecule has 2 rings (SSSR count). The Kier molecular flexibility index (Phi) is 6.82. The van der Waals surface area contributed by atoms with Gasteiger partial charge in [-0.2, -0.15) is 0 Å².